The average Bonchev–Trinajstić information content (AvgIpc) is 2.85. The van der Waals surface area contributed by atoms with Crippen LogP contribution in [0.15, 0.2) is 6.20 Å². The third kappa shape index (κ3) is 1.78. The molecule has 90 valence electrons. The third-order valence-corrected chi connectivity index (χ3v) is 4.69. The predicted molar refractivity (Wildman–Crippen MR) is 69.2 cm³/mol. The number of imidazole rings is 1. The molecule has 6 heteroatoms. The van der Waals surface area contributed by atoms with Gasteiger partial charge in [0.15, 0.2) is 10.8 Å². The maximum absolute atomic E-state index is 6.10. The van der Waals surface area contributed by atoms with Crippen LogP contribution in [0.3, 0.4) is 0 Å². The predicted octanol–water partition coefficient (Wildman–Crippen LogP) is 2.53. The largest absolute Gasteiger partial charge is 0.323 e. The summed E-state index contributed by atoms with van der Waals surface area (Å²) in [7, 11) is 1.89. The second-order valence-electron chi connectivity index (χ2n) is 4.29. The molecule has 2 aromatic rings. The summed E-state index contributed by atoms with van der Waals surface area (Å²) >= 11 is 7.63. The Morgan fingerprint density at radius 3 is 3.06 bits per heavy atom. The molecule has 3 rings (SSSR count). The SMILES string of the molecule is Cn1c(Cl)cnc1-c1nc2c(s1)C(N)CCC2. The highest BCUT2D eigenvalue weighted by Gasteiger charge is 2.23. The first-order valence-electron chi connectivity index (χ1n) is 5.59. The van der Waals surface area contributed by atoms with Crippen LogP contribution in [0, 0.1) is 0 Å². The lowest BCUT2D eigenvalue weighted by molar-refractivity contribution is 0.573. The molecule has 0 amide bonds. The summed E-state index contributed by atoms with van der Waals surface area (Å²) in [6.45, 7) is 0. The van der Waals surface area contributed by atoms with E-state index in [2.05, 4.69) is 9.97 Å². The van der Waals surface area contributed by atoms with Gasteiger partial charge in [-0.1, -0.05) is 11.6 Å². The van der Waals surface area contributed by atoms with Crippen LogP contribution in [0.1, 0.15) is 29.5 Å². The molecule has 0 spiro atoms. The van der Waals surface area contributed by atoms with Crippen molar-refractivity contribution >= 4 is 22.9 Å². The Morgan fingerprint density at radius 1 is 1.59 bits per heavy atom. The fraction of sp³-hybridized carbons (Fsp3) is 0.455. The van der Waals surface area contributed by atoms with Crippen molar-refractivity contribution < 1.29 is 0 Å². The van der Waals surface area contributed by atoms with Crippen molar-refractivity contribution in [3.8, 4) is 10.8 Å². The van der Waals surface area contributed by atoms with Crippen LogP contribution in [0.5, 0.6) is 0 Å². The molecule has 0 saturated heterocycles. The van der Waals surface area contributed by atoms with Crippen LogP contribution in [0.2, 0.25) is 5.15 Å². The first kappa shape index (κ1) is 11.2. The van der Waals surface area contributed by atoms with Gasteiger partial charge in [0.1, 0.15) is 5.15 Å². The Kier molecular flexibility index (Phi) is 2.69. The summed E-state index contributed by atoms with van der Waals surface area (Å²) < 4.78 is 1.84. The zero-order chi connectivity index (χ0) is 12.0. The number of halogens is 1. The van der Waals surface area contributed by atoms with Crippen molar-refractivity contribution in [2.75, 3.05) is 0 Å². The summed E-state index contributed by atoms with van der Waals surface area (Å²) in [6, 6.07) is 0.140. The van der Waals surface area contributed by atoms with Crippen LogP contribution in [-0.2, 0) is 13.5 Å². The van der Waals surface area contributed by atoms with E-state index in [9.17, 15) is 0 Å². The quantitative estimate of drug-likeness (QED) is 0.865. The summed E-state index contributed by atoms with van der Waals surface area (Å²) in [4.78, 5) is 10.1. The molecule has 0 bridgehead atoms. The number of hydrogen-bond donors (Lipinski definition) is 1. The van der Waals surface area contributed by atoms with Crippen molar-refractivity contribution in [3.05, 3.63) is 21.9 Å². The lowest BCUT2D eigenvalue weighted by Gasteiger charge is -2.15. The topological polar surface area (TPSA) is 56.7 Å². The molecular weight excluding hydrogens is 256 g/mol. The van der Waals surface area contributed by atoms with Crippen LogP contribution >= 0.6 is 22.9 Å². The lowest BCUT2D eigenvalue weighted by atomic mass is 9.99. The molecule has 0 aromatic carbocycles. The molecule has 0 saturated carbocycles. The summed E-state index contributed by atoms with van der Waals surface area (Å²) in [6.07, 6.45) is 4.85. The lowest BCUT2D eigenvalue weighted by Crippen LogP contribution is -2.15. The Balaban J connectivity index is 2.08. The van der Waals surface area contributed by atoms with E-state index < -0.39 is 0 Å². The van der Waals surface area contributed by atoms with Gasteiger partial charge in [-0.2, -0.15) is 0 Å². The van der Waals surface area contributed by atoms with Crippen molar-refractivity contribution in [3.63, 3.8) is 0 Å². The molecule has 0 fully saturated rings. The van der Waals surface area contributed by atoms with Crippen molar-refractivity contribution in [2.24, 2.45) is 12.8 Å². The number of nitrogens with two attached hydrogens (primary N) is 1. The third-order valence-electron chi connectivity index (χ3n) is 3.12. The van der Waals surface area contributed by atoms with E-state index in [0.717, 1.165) is 35.8 Å². The van der Waals surface area contributed by atoms with Crippen molar-refractivity contribution in [2.45, 2.75) is 25.3 Å². The molecule has 0 radical (unpaired) electrons. The maximum atomic E-state index is 6.10. The summed E-state index contributed by atoms with van der Waals surface area (Å²) in [5, 5.41) is 1.54. The van der Waals surface area contributed by atoms with Gasteiger partial charge in [0.2, 0.25) is 0 Å². The molecule has 1 unspecified atom stereocenters. The molecule has 0 aliphatic heterocycles. The normalized spacial score (nSPS) is 19.4. The maximum Gasteiger partial charge on any atom is 0.170 e. The van der Waals surface area contributed by atoms with Gasteiger partial charge in [-0.3, -0.25) is 0 Å². The Bertz CT molecular complexity index is 560. The van der Waals surface area contributed by atoms with Gasteiger partial charge in [-0.15, -0.1) is 11.3 Å². The van der Waals surface area contributed by atoms with Crippen molar-refractivity contribution in [1.82, 2.24) is 14.5 Å². The first-order chi connectivity index (χ1) is 8.16. The van der Waals surface area contributed by atoms with Crippen LogP contribution < -0.4 is 5.73 Å². The first-order valence-corrected chi connectivity index (χ1v) is 6.79. The average molecular weight is 269 g/mol. The van der Waals surface area contributed by atoms with E-state index in [1.54, 1.807) is 17.5 Å². The van der Waals surface area contributed by atoms with Gasteiger partial charge < -0.3 is 10.3 Å². The van der Waals surface area contributed by atoms with Gasteiger partial charge in [0.05, 0.1) is 11.9 Å². The smallest absolute Gasteiger partial charge is 0.170 e. The Labute approximate surface area is 108 Å². The number of hydrogen-bond acceptors (Lipinski definition) is 4. The van der Waals surface area contributed by atoms with Gasteiger partial charge in [0.25, 0.3) is 0 Å². The monoisotopic (exact) mass is 268 g/mol. The highest BCUT2D eigenvalue weighted by atomic mass is 35.5. The molecule has 1 aliphatic carbocycles. The fourth-order valence-electron chi connectivity index (χ4n) is 2.14. The van der Waals surface area contributed by atoms with Gasteiger partial charge >= 0.3 is 0 Å². The number of nitrogens with zero attached hydrogens (tertiary/aromatic N) is 3. The highest BCUT2D eigenvalue weighted by Crippen LogP contribution is 2.36. The number of aryl methyl sites for hydroxylation is 1. The van der Waals surface area contributed by atoms with E-state index in [-0.39, 0.29) is 6.04 Å². The zero-order valence-electron chi connectivity index (χ0n) is 9.48. The van der Waals surface area contributed by atoms with Gasteiger partial charge in [-0.25, -0.2) is 9.97 Å². The van der Waals surface area contributed by atoms with E-state index in [1.165, 1.54) is 4.88 Å². The number of thiazole rings is 1. The molecule has 4 nitrogen and oxygen atoms in total. The van der Waals surface area contributed by atoms with E-state index in [0.29, 0.717) is 5.15 Å². The van der Waals surface area contributed by atoms with E-state index >= 15 is 0 Å². The van der Waals surface area contributed by atoms with E-state index in [4.69, 9.17) is 17.3 Å². The van der Waals surface area contributed by atoms with Gasteiger partial charge in [0, 0.05) is 18.0 Å². The number of aromatic nitrogens is 3. The Hall–Kier alpha value is -0.910. The molecule has 1 aliphatic rings. The minimum absolute atomic E-state index is 0.140. The molecule has 17 heavy (non-hydrogen) atoms. The molecule has 2 aromatic heterocycles. The standard InChI is InChI=1S/C11H13ClN4S/c1-16-8(12)5-14-10(16)11-15-7-4-2-3-6(13)9(7)17-11/h5-6H,2-4,13H2,1H3. The summed E-state index contributed by atoms with van der Waals surface area (Å²) in [5.74, 6) is 0.821. The second kappa shape index (κ2) is 4.08. The van der Waals surface area contributed by atoms with Crippen LogP contribution in [-0.4, -0.2) is 14.5 Å². The fourth-order valence-corrected chi connectivity index (χ4v) is 3.44. The van der Waals surface area contributed by atoms with Crippen molar-refractivity contribution in [1.29, 1.82) is 0 Å². The minimum Gasteiger partial charge on any atom is -0.323 e. The highest BCUT2D eigenvalue weighted by molar-refractivity contribution is 7.15. The van der Waals surface area contributed by atoms with Crippen LogP contribution in [0.4, 0.5) is 0 Å². The van der Waals surface area contributed by atoms with E-state index in [1.807, 2.05) is 11.6 Å². The molecule has 2 heterocycles. The minimum atomic E-state index is 0.140. The van der Waals surface area contributed by atoms with Crippen LogP contribution in [0.25, 0.3) is 10.8 Å². The second-order valence-corrected chi connectivity index (χ2v) is 5.71. The number of fused-ring (bicyclic) bond motifs is 1. The molecule has 2 N–H and O–H groups in total. The molecular formula is C11H13ClN4S. The van der Waals surface area contributed by atoms with Gasteiger partial charge in [-0.05, 0) is 19.3 Å². The Morgan fingerprint density at radius 2 is 2.41 bits per heavy atom. The number of rotatable bonds is 1. The molecule has 1 atom stereocenters. The summed E-state index contributed by atoms with van der Waals surface area (Å²) in [5.41, 5.74) is 7.24. The zero-order valence-corrected chi connectivity index (χ0v) is 11.1.